The maximum absolute atomic E-state index is 13.1. The lowest BCUT2D eigenvalue weighted by Gasteiger charge is -2.17. The second-order valence-corrected chi connectivity index (χ2v) is 11.0. The van der Waals surface area contributed by atoms with Gasteiger partial charge in [0.05, 0.1) is 28.1 Å². The summed E-state index contributed by atoms with van der Waals surface area (Å²) in [7, 11) is -4.54. The van der Waals surface area contributed by atoms with Gasteiger partial charge in [0.15, 0.2) is 0 Å². The van der Waals surface area contributed by atoms with E-state index >= 15 is 0 Å². The molecule has 4 aromatic rings. The Kier molecular flexibility index (Phi) is 7.81. The molecule has 0 radical (unpaired) electrons. The number of ether oxygens (including phenoxy) is 1. The summed E-state index contributed by atoms with van der Waals surface area (Å²) in [6, 6.07) is 12.3. The van der Waals surface area contributed by atoms with Gasteiger partial charge in [0.25, 0.3) is 28.0 Å². The van der Waals surface area contributed by atoms with E-state index in [1.807, 2.05) is 4.72 Å². The molecule has 15 heteroatoms. The summed E-state index contributed by atoms with van der Waals surface area (Å²) >= 11 is 0. The van der Waals surface area contributed by atoms with Crippen molar-refractivity contribution in [3.05, 3.63) is 82.7 Å². The van der Waals surface area contributed by atoms with Gasteiger partial charge < -0.3 is 15.0 Å². The van der Waals surface area contributed by atoms with Gasteiger partial charge in [0.2, 0.25) is 0 Å². The number of rotatable bonds is 10. The van der Waals surface area contributed by atoms with Gasteiger partial charge in [-0.1, -0.05) is 12.1 Å². The van der Waals surface area contributed by atoms with Crippen molar-refractivity contribution < 1.29 is 31.7 Å². The maximum Gasteiger partial charge on any atom is 0.293 e. The third kappa shape index (κ3) is 6.41. The van der Waals surface area contributed by atoms with Crippen molar-refractivity contribution in [2.24, 2.45) is 0 Å². The highest BCUT2D eigenvalue weighted by atomic mass is 32.2. The number of benzene rings is 2. The van der Waals surface area contributed by atoms with Gasteiger partial charge >= 0.3 is 0 Å². The van der Waals surface area contributed by atoms with Crippen LogP contribution in [0.2, 0.25) is 0 Å². The van der Waals surface area contributed by atoms with Crippen LogP contribution in [0.5, 0.6) is 11.5 Å². The van der Waals surface area contributed by atoms with E-state index in [4.69, 9.17) is 4.74 Å². The van der Waals surface area contributed by atoms with Gasteiger partial charge in [-0.15, -0.1) is 0 Å². The number of anilines is 1. The number of aromatic nitrogens is 2. The highest BCUT2D eigenvalue weighted by Crippen LogP contribution is 2.31. The van der Waals surface area contributed by atoms with Crippen LogP contribution in [0.25, 0.3) is 11.0 Å². The number of carbonyl (C=O) groups excluding carboxylic acids is 1. The number of H-pyrrole nitrogens is 1. The molecule has 214 valence electrons. The van der Waals surface area contributed by atoms with Crippen molar-refractivity contribution in [3.63, 3.8) is 0 Å². The molecule has 3 heterocycles. The number of para-hydroxylation sites is 1. The standard InChI is InChI=1S/C26H24F2N6O6S/c27-24(28)15-33-10-8-17(14-33)31-21-6-5-19(12-22(21)34(36)37)41(38,39)32-26(35)20-3-1-2-4-23(20)40-18-11-16-7-9-29-25(16)30-13-18/h1-7,9,11-13,17,24,31H,8,10,14-15H2,(H,29,30)(H,32,35)/t17-/m0/s1. The Hall–Kier alpha value is -4.63. The summed E-state index contributed by atoms with van der Waals surface area (Å²) in [4.78, 5) is 32.3. The van der Waals surface area contributed by atoms with Crippen LogP contribution in [0.4, 0.5) is 20.2 Å². The Bertz CT molecular complexity index is 1710. The van der Waals surface area contributed by atoms with E-state index in [-0.39, 0.29) is 29.6 Å². The normalized spacial score (nSPS) is 15.7. The number of hydrogen-bond donors (Lipinski definition) is 3. The molecule has 3 N–H and O–H groups in total. The lowest BCUT2D eigenvalue weighted by Crippen LogP contribution is -2.31. The molecular formula is C26H24F2N6O6S. The number of nitro groups is 1. The largest absolute Gasteiger partial charge is 0.455 e. The average molecular weight is 587 g/mol. The van der Waals surface area contributed by atoms with Crippen LogP contribution in [0, 0.1) is 10.1 Å². The van der Waals surface area contributed by atoms with Gasteiger partial charge in [-0.25, -0.2) is 26.9 Å². The summed E-state index contributed by atoms with van der Waals surface area (Å²) in [5, 5.41) is 15.5. The first-order chi connectivity index (χ1) is 19.6. The third-order valence-corrected chi connectivity index (χ3v) is 7.79. The topological polar surface area (TPSA) is 160 Å². The third-order valence-electron chi connectivity index (χ3n) is 6.47. The minimum absolute atomic E-state index is 0.0379. The van der Waals surface area contributed by atoms with Crippen LogP contribution in [0.15, 0.2) is 71.9 Å². The first-order valence-electron chi connectivity index (χ1n) is 12.4. The van der Waals surface area contributed by atoms with Crippen molar-refractivity contribution in [2.45, 2.75) is 23.8 Å². The van der Waals surface area contributed by atoms with E-state index in [9.17, 15) is 32.1 Å². The molecule has 2 aromatic heterocycles. The number of amides is 1. The lowest BCUT2D eigenvalue weighted by molar-refractivity contribution is -0.384. The zero-order valence-corrected chi connectivity index (χ0v) is 22.1. The molecule has 1 aliphatic rings. The average Bonchev–Trinajstić information content (AvgIpc) is 3.57. The first kappa shape index (κ1) is 27.9. The van der Waals surface area contributed by atoms with Gasteiger partial charge in [-0.2, -0.15) is 0 Å². The van der Waals surface area contributed by atoms with Crippen LogP contribution in [-0.4, -0.2) is 66.2 Å². The predicted molar refractivity (Wildman–Crippen MR) is 145 cm³/mol. The summed E-state index contributed by atoms with van der Waals surface area (Å²) in [5.41, 5.74) is 0.0503. The molecule has 1 fully saturated rings. The zero-order chi connectivity index (χ0) is 29.1. The van der Waals surface area contributed by atoms with Crippen molar-refractivity contribution >= 4 is 38.3 Å². The van der Waals surface area contributed by atoms with E-state index in [1.165, 1.54) is 30.5 Å². The molecule has 2 aromatic carbocycles. The van der Waals surface area contributed by atoms with Crippen LogP contribution in [0.3, 0.4) is 0 Å². The maximum atomic E-state index is 13.1. The number of pyridine rings is 1. The van der Waals surface area contributed by atoms with Gasteiger partial charge in [0.1, 0.15) is 22.8 Å². The van der Waals surface area contributed by atoms with Gasteiger partial charge in [-0.05, 0) is 42.8 Å². The van der Waals surface area contributed by atoms with Crippen LogP contribution < -0.4 is 14.8 Å². The number of nitrogens with one attached hydrogen (secondary N) is 3. The molecule has 12 nitrogen and oxygen atoms in total. The minimum Gasteiger partial charge on any atom is -0.455 e. The van der Waals surface area contributed by atoms with Crippen molar-refractivity contribution in [1.29, 1.82) is 0 Å². The second-order valence-electron chi connectivity index (χ2n) is 9.34. The van der Waals surface area contributed by atoms with Crippen molar-refractivity contribution in [2.75, 3.05) is 25.0 Å². The van der Waals surface area contributed by atoms with Gasteiger partial charge in [-0.3, -0.25) is 19.8 Å². The Morgan fingerprint density at radius 3 is 2.80 bits per heavy atom. The SMILES string of the molecule is O=C(NS(=O)(=O)c1ccc(N[C@H]2CCN(CC(F)F)C2)c([N+](=O)[O-])c1)c1ccccc1Oc1cnc2[nH]ccc2c1. The molecule has 41 heavy (non-hydrogen) atoms. The molecule has 1 saturated heterocycles. The van der Waals surface area contributed by atoms with E-state index in [1.54, 1.807) is 29.3 Å². The number of nitro benzene ring substituents is 1. The lowest BCUT2D eigenvalue weighted by atomic mass is 10.2. The van der Waals surface area contributed by atoms with Crippen molar-refractivity contribution in [3.8, 4) is 11.5 Å². The minimum atomic E-state index is -4.54. The van der Waals surface area contributed by atoms with Crippen molar-refractivity contribution in [1.82, 2.24) is 19.6 Å². The molecule has 1 amide bonds. The number of nitrogens with zero attached hydrogens (tertiary/aromatic N) is 3. The van der Waals surface area contributed by atoms with E-state index in [2.05, 4.69) is 15.3 Å². The number of carbonyl (C=O) groups is 1. The number of hydrogen-bond acceptors (Lipinski definition) is 9. The monoisotopic (exact) mass is 586 g/mol. The van der Waals surface area contributed by atoms with E-state index < -0.39 is 44.4 Å². The number of fused-ring (bicyclic) bond motifs is 1. The number of likely N-dealkylation sites (tertiary alicyclic amines) is 1. The Labute approximate surface area is 232 Å². The molecular weight excluding hydrogens is 562 g/mol. The van der Waals surface area contributed by atoms with Crippen LogP contribution >= 0.6 is 0 Å². The Morgan fingerprint density at radius 1 is 1.22 bits per heavy atom. The molecule has 0 spiro atoms. The molecule has 1 atom stereocenters. The fourth-order valence-corrected chi connectivity index (χ4v) is 5.55. The molecule has 0 unspecified atom stereocenters. The highest BCUT2D eigenvalue weighted by Gasteiger charge is 2.29. The van der Waals surface area contributed by atoms with E-state index in [0.29, 0.717) is 24.4 Å². The zero-order valence-electron chi connectivity index (χ0n) is 21.3. The Morgan fingerprint density at radius 2 is 2.02 bits per heavy atom. The summed E-state index contributed by atoms with van der Waals surface area (Å²) in [6.45, 7) is 0.259. The number of halogens is 2. The molecule has 5 rings (SSSR count). The molecule has 0 saturated carbocycles. The Balaban J connectivity index is 1.32. The number of aromatic amines is 1. The molecule has 1 aliphatic heterocycles. The first-order valence-corrected chi connectivity index (χ1v) is 13.9. The van der Waals surface area contributed by atoms with Crippen LogP contribution in [-0.2, 0) is 10.0 Å². The summed E-state index contributed by atoms with van der Waals surface area (Å²) in [6.07, 6.45) is 1.14. The molecule has 0 aliphatic carbocycles. The molecule has 0 bridgehead atoms. The highest BCUT2D eigenvalue weighted by molar-refractivity contribution is 7.90. The fraction of sp³-hybridized carbons (Fsp3) is 0.231. The summed E-state index contributed by atoms with van der Waals surface area (Å²) in [5.74, 6) is -0.621. The fourth-order valence-electron chi connectivity index (χ4n) is 4.56. The second kappa shape index (κ2) is 11.5. The number of sulfonamides is 1. The predicted octanol–water partition coefficient (Wildman–Crippen LogP) is 4.13. The number of alkyl halides is 2. The smallest absolute Gasteiger partial charge is 0.293 e. The quantitative estimate of drug-likeness (QED) is 0.183. The summed E-state index contributed by atoms with van der Waals surface area (Å²) < 4.78 is 59.2. The van der Waals surface area contributed by atoms with Crippen LogP contribution in [0.1, 0.15) is 16.8 Å². The van der Waals surface area contributed by atoms with Gasteiger partial charge in [0, 0.05) is 36.8 Å². The van der Waals surface area contributed by atoms with E-state index in [0.717, 1.165) is 17.5 Å².